The molecule has 18 heavy (non-hydrogen) atoms. The number of hydrogen-bond acceptors (Lipinski definition) is 4. The molecule has 4 heteroatoms. The van der Waals surface area contributed by atoms with E-state index in [1.54, 1.807) is 11.3 Å². The predicted octanol–water partition coefficient (Wildman–Crippen LogP) is 2.57. The number of nitrogens with one attached hydrogen (secondary N) is 1. The second kappa shape index (κ2) is 6.64. The van der Waals surface area contributed by atoms with Gasteiger partial charge in [0.1, 0.15) is 0 Å². The molecule has 2 rings (SSSR count). The van der Waals surface area contributed by atoms with Crippen molar-refractivity contribution in [1.82, 2.24) is 15.2 Å². The van der Waals surface area contributed by atoms with Gasteiger partial charge in [-0.05, 0) is 25.4 Å². The maximum Gasteiger partial charge on any atom is 0.0965 e. The van der Waals surface area contributed by atoms with Crippen molar-refractivity contribution >= 4 is 11.3 Å². The summed E-state index contributed by atoms with van der Waals surface area (Å²) in [5.41, 5.74) is 0. The molecule has 0 aromatic carbocycles. The highest BCUT2D eigenvalue weighted by molar-refractivity contribution is 7.09. The Bertz CT molecular complexity index is 339. The summed E-state index contributed by atoms with van der Waals surface area (Å²) in [5, 5.41) is 6.95. The standard InChI is InChI=1S/C14H25N3S/c1-4-15-13-5-7-17(9-11(13)2)10-12(3)14-16-6-8-18-14/h6,8,11-13,15H,4-5,7,9-10H2,1-3H3. The maximum absolute atomic E-state index is 4.42. The van der Waals surface area contributed by atoms with E-state index in [-0.39, 0.29) is 0 Å². The normalized spacial score (nSPS) is 27.3. The van der Waals surface area contributed by atoms with Crippen LogP contribution in [0.25, 0.3) is 0 Å². The smallest absolute Gasteiger partial charge is 0.0965 e. The van der Waals surface area contributed by atoms with Gasteiger partial charge in [0, 0.05) is 36.6 Å². The van der Waals surface area contributed by atoms with E-state index in [0.717, 1.165) is 19.0 Å². The first-order chi connectivity index (χ1) is 8.70. The molecule has 3 unspecified atom stereocenters. The van der Waals surface area contributed by atoms with Crippen molar-refractivity contribution in [3.05, 3.63) is 16.6 Å². The Hall–Kier alpha value is -0.450. The van der Waals surface area contributed by atoms with Crippen molar-refractivity contribution < 1.29 is 0 Å². The van der Waals surface area contributed by atoms with Crippen LogP contribution in [0.3, 0.4) is 0 Å². The summed E-state index contributed by atoms with van der Waals surface area (Å²) in [4.78, 5) is 7.03. The second-order valence-corrected chi connectivity index (χ2v) is 6.39. The highest BCUT2D eigenvalue weighted by atomic mass is 32.1. The van der Waals surface area contributed by atoms with Gasteiger partial charge in [0.05, 0.1) is 5.01 Å². The molecule has 0 radical (unpaired) electrons. The number of rotatable bonds is 5. The van der Waals surface area contributed by atoms with Crippen LogP contribution in [0.2, 0.25) is 0 Å². The maximum atomic E-state index is 4.42. The largest absolute Gasteiger partial charge is 0.314 e. The van der Waals surface area contributed by atoms with Crippen molar-refractivity contribution in [3.63, 3.8) is 0 Å². The molecule has 2 heterocycles. The molecule has 1 aromatic rings. The van der Waals surface area contributed by atoms with Gasteiger partial charge >= 0.3 is 0 Å². The fourth-order valence-corrected chi connectivity index (χ4v) is 3.60. The summed E-state index contributed by atoms with van der Waals surface area (Å²) >= 11 is 1.78. The van der Waals surface area contributed by atoms with Gasteiger partial charge < -0.3 is 10.2 Å². The summed E-state index contributed by atoms with van der Waals surface area (Å²) in [6, 6.07) is 0.710. The highest BCUT2D eigenvalue weighted by Gasteiger charge is 2.26. The van der Waals surface area contributed by atoms with Crippen LogP contribution in [0.1, 0.15) is 38.1 Å². The molecule has 102 valence electrons. The van der Waals surface area contributed by atoms with E-state index in [0.29, 0.717) is 12.0 Å². The number of piperidine rings is 1. The molecule has 1 aliphatic rings. The quantitative estimate of drug-likeness (QED) is 0.889. The Morgan fingerprint density at radius 3 is 3.06 bits per heavy atom. The van der Waals surface area contributed by atoms with Gasteiger partial charge in [0.15, 0.2) is 0 Å². The lowest BCUT2D eigenvalue weighted by atomic mass is 9.93. The average molecular weight is 267 g/mol. The van der Waals surface area contributed by atoms with Gasteiger partial charge in [0.2, 0.25) is 0 Å². The second-order valence-electron chi connectivity index (χ2n) is 5.46. The molecule has 3 nitrogen and oxygen atoms in total. The third-order valence-electron chi connectivity index (χ3n) is 3.86. The fourth-order valence-electron chi connectivity index (χ4n) is 2.91. The lowest BCUT2D eigenvalue weighted by Crippen LogP contribution is -2.48. The number of nitrogens with zero attached hydrogens (tertiary/aromatic N) is 2. The molecule has 3 atom stereocenters. The van der Waals surface area contributed by atoms with Gasteiger partial charge in [-0.2, -0.15) is 0 Å². The Morgan fingerprint density at radius 2 is 2.44 bits per heavy atom. The monoisotopic (exact) mass is 267 g/mol. The van der Waals surface area contributed by atoms with Crippen LogP contribution in [0.15, 0.2) is 11.6 Å². The van der Waals surface area contributed by atoms with Crippen molar-refractivity contribution in [2.45, 2.75) is 39.2 Å². The Balaban J connectivity index is 1.82. The number of aromatic nitrogens is 1. The number of hydrogen-bond donors (Lipinski definition) is 1. The van der Waals surface area contributed by atoms with Crippen molar-refractivity contribution in [2.24, 2.45) is 5.92 Å². The molecule has 0 aliphatic carbocycles. The van der Waals surface area contributed by atoms with E-state index < -0.39 is 0 Å². The highest BCUT2D eigenvalue weighted by Crippen LogP contribution is 2.22. The van der Waals surface area contributed by atoms with Crippen LogP contribution in [0.4, 0.5) is 0 Å². The minimum Gasteiger partial charge on any atom is -0.314 e. The van der Waals surface area contributed by atoms with Gasteiger partial charge in [-0.3, -0.25) is 0 Å². The minimum atomic E-state index is 0.563. The van der Waals surface area contributed by atoms with Crippen LogP contribution < -0.4 is 5.32 Å². The third kappa shape index (κ3) is 3.53. The van der Waals surface area contributed by atoms with Gasteiger partial charge in [-0.1, -0.05) is 20.8 Å². The van der Waals surface area contributed by atoms with Crippen LogP contribution >= 0.6 is 11.3 Å². The van der Waals surface area contributed by atoms with E-state index in [1.165, 1.54) is 24.5 Å². The minimum absolute atomic E-state index is 0.563. The molecule has 1 N–H and O–H groups in total. The molecule has 1 fully saturated rings. The van der Waals surface area contributed by atoms with E-state index in [2.05, 4.69) is 41.4 Å². The molecule has 0 bridgehead atoms. The number of thiazole rings is 1. The summed E-state index contributed by atoms with van der Waals surface area (Å²) in [5.74, 6) is 1.31. The predicted molar refractivity (Wildman–Crippen MR) is 78.2 cm³/mol. The van der Waals surface area contributed by atoms with Crippen LogP contribution in [0, 0.1) is 5.92 Å². The van der Waals surface area contributed by atoms with Gasteiger partial charge in [0.25, 0.3) is 0 Å². The molecule has 0 amide bonds. The van der Waals surface area contributed by atoms with Crippen LogP contribution in [-0.2, 0) is 0 Å². The lowest BCUT2D eigenvalue weighted by Gasteiger charge is -2.38. The van der Waals surface area contributed by atoms with Gasteiger partial charge in [-0.25, -0.2) is 4.98 Å². The van der Waals surface area contributed by atoms with E-state index in [4.69, 9.17) is 0 Å². The van der Waals surface area contributed by atoms with E-state index in [9.17, 15) is 0 Å². The Kier molecular flexibility index (Phi) is 5.15. The average Bonchev–Trinajstić information content (AvgIpc) is 2.86. The number of likely N-dealkylation sites (tertiary alicyclic amines) is 1. The molecule has 1 saturated heterocycles. The molecule has 1 aromatic heterocycles. The Morgan fingerprint density at radius 1 is 1.61 bits per heavy atom. The molecule has 1 aliphatic heterocycles. The first-order valence-corrected chi connectivity index (χ1v) is 7.93. The topological polar surface area (TPSA) is 28.2 Å². The lowest BCUT2D eigenvalue weighted by molar-refractivity contribution is 0.143. The third-order valence-corrected chi connectivity index (χ3v) is 4.87. The van der Waals surface area contributed by atoms with Crippen LogP contribution in [0.5, 0.6) is 0 Å². The molecule has 0 saturated carbocycles. The molecule has 0 spiro atoms. The first-order valence-electron chi connectivity index (χ1n) is 7.05. The summed E-state index contributed by atoms with van der Waals surface area (Å²) in [6.45, 7) is 11.5. The van der Waals surface area contributed by atoms with E-state index >= 15 is 0 Å². The first kappa shape index (κ1) is 14.0. The Labute approximate surface area is 115 Å². The van der Waals surface area contributed by atoms with Gasteiger partial charge in [-0.15, -0.1) is 11.3 Å². The van der Waals surface area contributed by atoms with Crippen molar-refractivity contribution in [3.8, 4) is 0 Å². The molecular formula is C14H25N3S. The summed E-state index contributed by atoms with van der Waals surface area (Å²) in [7, 11) is 0. The zero-order chi connectivity index (χ0) is 13.0. The SMILES string of the molecule is CCNC1CCN(CC(C)c2nccs2)CC1C. The fraction of sp³-hybridized carbons (Fsp3) is 0.786. The molecular weight excluding hydrogens is 242 g/mol. The summed E-state index contributed by atoms with van der Waals surface area (Å²) < 4.78 is 0. The zero-order valence-corrected chi connectivity index (χ0v) is 12.5. The van der Waals surface area contributed by atoms with Crippen LogP contribution in [-0.4, -0.2) is 42.1 Å². The van der Waals surface area contributed by atoms with Crippen molar-refractivity contribution in [1.29, 1.82) is 0 Å². The summed E-state index contributed by atoms with van der Waals surface area (Å²) in [6.07, 6.45) is 3.19. The van der Waals surface area contributed by atoms with E-state index in [1.807, 2.05) is 6.20 Å². The van der Waals surface area contributed by atoms with Crippen molar-refractivity contribution in [2.75, 3.05) is 26.2 Å². The zero-order valence-electron chi connectivity index (χ0n) is 11.7.